The zero-order valence-electron chi connectivity index (χ0n) is 11.1. The Balaban J connectivity index is 0. The highest BCUT2D eigenvalue weighted by molar-refractivity contribution is 4.45. The van der Waals surface area contributed by atoms with E-state index in [2.05, 4.69) is 26.1 Å². The third kappa shape index (κ3) is 24.9. The number of hydrogen-bond acceptors (Lipinski definition) is 2. The van der Waals surface area contributed by atoms with Crippen LogP contribution >= 0.6 is 0 Å². The molecule has 0 aliphatic carbocycles. The van der Waals surface area contributed by atoms with E-state index in [1.165, 1.54) is 58.0 Å². The molecule has 2 heteroatoms. The van der Waals surface area contributed by atoms with Crippen LogP contribution in [0.2, 0.25) is 0 Å². The van der Waals surface area contributed by atoms with Crippen molar-refractivity contribution in [2.24, 2.45) is 5.73 Å². The van der Waals surface area contributed by atoms with Crippen molar-refractivity contribution >= 4 is 0 Å². The van der Waals surface area contributed by atoms with Crippen LogP contribution in [0.15, 0.2) is 0 Å². The molecule has 0 aliphatic rings. The van der Waals surface area contributed by atoms with Gasteiger partial charge in [0, 0.05) is 0 Å². The van der Waals surface area contributed by atoms with Gasteiger partial charge in [0.25, 0.3) is 0 Å². The van der Waals surface area contributed by atoms with Crippen LogP contribution in [0.25, 0.3) is 0 Å². The maximum absolute atomic E-state index is 5.21. The fourth-order valence-electron chi connectivity index (χ4n) is 1.12. The molecule has 0 aromatic carbocycles. The van der Waals surface area contributed by atoms with Crippen molar-refractivity contribution in [3.05, 3.63) is 0 Å². The lowest BCUT2D eigenvalue weighted by Crippen LogP contribution is -2.15. The van der Waals surface area contributed by atoms with Crippen LogP contribution in [0.4, 0.5) is 0 Å². The third-order valence-electron chi connectivity index (χ3n) is 2.22. The Morgan fingerprint density at radius 3 is 1.47 bits per heavy atom. The average molecular weight is 216 g/mol. The zero-order chi connectivity index (χ0) is 11.8. The van der Waals surface area contributed by atoms with E-state index < -0.39 is 0 Å². The number of rotatable bonds is 9. The van der Waals surface area contributed by atoms with Crippen molar-refractivity contribution in [1.82, 2.24) is 5.32 Å². The van der Waals surface area contributed by atoms with Gasteiger partial charge < -0.3 is 11.1 Å². The second-order valence-electron chi connectivity index (χ2n) is 3.95. The second-order valence-corrected chi connectivity index (χ2v) is 3.95. The van der Waals surface area contributed by atoms with Gasteiger partial charge in [0.15, 0.2) is 0 Å². The summed E-state index contributed by atoms with van der Waals surface area (Å²) in [6.45, 7) is 9.89. The lowest BCUT2D eigenvalue weighted by atomic mass is 10.3. The Bertz CT molecular complexity index is 74.6. The van der Waals surface area contributed by atoms with E-state index in [9.17, 15) is 0 Å². The summed E-state index contributed by atoms with van der Waals surface area (Å²) in [5.41, 5.74) is 5.21. The Hall–Kier alpha value is -0.0800. The molecule has 0 aromatic heterocycles. The number of nitrogens with two attached hydrogens (primary N) is 1. The van der Waals surface area contributed by atoms with Gasteiger partial charge in [0.1, 0.15) is 0 Å². The Labute approximate surface area is 97.0 Å². The van der Waals surface area contributed by atoms with Crippen LogP contribution in [-0.4, -0.2) is 19.6 Å². The first kappa shape index (κ1) is 17.3. The van der Waals surface area contributed by atoms with Crippen molar-refractivity contribution < 1.29 is 0 Å². The molecule has 0 saturated heterocycles. The highest BCUT2D eigenvalue weighted by Gasteiger charge is 1.83. The van der Waals surface area contributed by atoms with E-state index in [1.54, 1.807) is 0 Å². The molecule has 0 aromatic rings. The molecule has 0 fully saturated rings. The van der Waals surface area contributed by atoms with E-state index in [1.807, 2.05) is 0 Å². The maximum Gasteiger partial charge on any atom is -0.00490 e. The number of hydrogen-bond donors (Lipinski definition) is 2. The highest BCUT2D eigenvalue weighted by atomic mass is 14.8. The van der Waals surface area contributed by atoms with E-state index in [4.69, 9.17) is 5.73 Å². The predicted molar refractivity (Wildman–Crippen MR) is 71.3 cm³/mol. The van der Waals surface area contributed by atoms with Gasteiger partial charge in [-0.1, -0.05) is 46.5 Å². The summed E-state index contributed by atoms with van der Waals surface area (Å²) in [5, 5.41) is 3.39. The van der Waals surface area contributed by atoms with Gasteiger partial charge >= 0.3 is 0 Å². The van der Waals surface area contributed by atoms with E-state index in [0.29, 0.717) is 0 Å². The summed E-state index contributed by atoms with van der Waals surface area (Å²) in [6.07, 6.45) is 9.01. The summed E-state index contributed by atoms with van der Waals surface area (Å²) in [7, 11) is 0. The van der Waals surface area contributed by atoms with Crippen LogP contribution in [0, 0.1) is 0 Å². The maximum atomic E-state index is 5.21. The molecule has 0 spiro atoms. The van der Waals surface area contributed by atoms with Gasteiger partial charge in [0.05, 0.1) is 0 Å². The molecular weight excluding hydrogens is 184 g/mol. The van der Waals surface area contributed by atoms with E-state index in [0.717, 1.165) is 6.54 Å². The molecule has 0 saturated carbocycles. The van der Waals surface area contributed by atoms with Crippen molar-refractivity contribution in [2.75, 3.05) is 19.6 Å². The topological polar surface area (TPSA) is 38.0 Å². The van der Waals surface area contributed by atoms with Crippen LogP contribution in [0.1, 0.15) is 65.7 Å². The summed E-state index contributed by atoms with van der Waals surface area (Å²) in [4.78, 5) is 0. The van der Waals surface area contributed by atoms with E-state index in [-0.39, 0.29) is 0 Å². The summed E-state index contributed by atoms with van der Waals surface area (Å²) in [5.74, 6) is 0. The van der Waals surface area contributed by atoms with Gasteiger partial charge in [-0.15, -0.1) is 0 Å². The Morgan fingerprint density at radius 2 is 1.20 bits per heavy atom. The fourth-order valence-corrected chi connectivity index (χ4v) is 1.12. The Morgan fingerprint density at radius 1 is 0.733 bits per heavy atom. The predicted octanol–water partition coefficient (Wildman–Crippen LogP) is 3.31. The standard InChI is InChI=1S/C8H19N.C5H13N/c1-3-5-7-9-8-6-4-2;1-2-3-4-5-6/h9H,3-8H2,1-2H3;2-6H2,1H3. The van der Waals surface area contributed by atoms with Gasteiger partial charge in [-0.3, -0.25) is 0 Å². The zero-order valence-corrected chi connectivity index (χ0v) is 11.1. The largest absolute Gasteiger partial charge is 0.330 e. The molecule has 2 nitrogen and oxygen atoms in total. The second kappa shape index (κ2) is 19.5. The normalized spacial score (nSPS) is 9.60. The molecule has 94 valence electrons. The first-order chi connectivity index (χ1) is 7.33. The lowest BCUT2D eigenvalue weighted by Gasteiger charge is -1.99. The monoisotopic (exact) mass is 216 g/mol. The van der Waals surface area contributed by atoms with Gasteiger partial charge in [0.2, 0.25) is 0 Å². The molecular formula is C13H32N2. The SMILES string of the molecule is CCCCCN.CCCCNCCCC. The number of unbranched alkanes of at least 4 members (excludes halogenated alkanes) is 4. The molecule has 0 radical (unpaired) electrons. The van der Waals surface area contributed by atoms with Crippen molar-refractivity contribution in [2.45, 2.75) is 65.7 Å². The highest BCUT2D eigenvalue weighted by Crippen LogP contribution is 1.88. The smallest absolute Gasteiger partial charge is 0.00490 e. The first-order valence-electron chi connectivity index (χ1n) is 6.74. The fraction of sp³-hybridized carbons (Fsp3) is 1.00. The van der Waals surface area contributed by atoms with Crippen LogP contribution in [-0.2, 0) is 0 Å². The van der Waals surface area contributed by atoms with Crippen molar-refractivity contribution in [3.63, 3.8) is 0 Å². The van der Waals surface area contributed by atoms with Crippen molar-refractivity contribution in [3.8, 4) is 0 Å². The van der Waals surface area contributed by atoms with Gasteiger partial charge in [-0.2, -0.15) is 0 Å². The van der Waals surface area contributed by atoms with E-state index >= 15 is 0 Å². The number of nitrogens with one attached hydrogen (secondary N) is 1. The molecule has 0 atom stereocenters. The summed E-state index contributed by atoms with van der Waals surface area (Å²) < 4.78 is 0. The molecule has 0 aliphatic heterocycles. The van der Waals surface area contributed by atoms with Crippen LogP contribution in [0.3, 0.4) is 0 Å². The quantitative estimate of drug-likeness (QED) is 0.580. The molecule has 0 unspecified atom stereocenters. The van der Waals surface area contributed by atoms with Gasteiger partial charge in [-0.25, -0.2) is 0 Å². The summed E-state index contributed by atoms with van der Waals surface area (Å²) in [6, 6.07) is 0. The van der Waals surface area contributed by atoms with Crippen molar-refractivity contribution in [1.29, 1.82) is 0 Å². The van der Waals surface area contributed by atoms with Crippen LogP contribution < -0.4 is 11.1 Å². The minimum Gasteiger partial charge on any atom is -0.330 e. The molecule has 3 N–H and O–H groups in total. The molecule has 0 heterocycles. The average Bonchev–Trinajstić information content (AvgIpc) is 2.27. The van der Waals surface area contributed by atoms with Gasteiger partial charge in [-0.05, 0) is 38.9 Å². The minimum atomic E-state index is 0.855. The molecule has 0 bridgehead atoms. The summed E-state index contributed by atoms with van der Waals surface area (Å²) >= 11 is 0. The van der Waals surface area contributed by atoms with Crippen LogP contribution in [0.5, 0.6) is 0 Å². The first-order valence-corrected chi connectivity index (χ1v) is 6.74. The minimum absolute atomic E-state index is 0.855. The molecule has 0 amide bonds. The Kier molecular flexibility index (Phi) is 22.5. The lowest BCUT2D eigenvalue weighted by molar-refractivity contribution is 0.611. The molecule has 15 heavy (non-hydrogen) atoms. The third-order valence-corrected chi connectivity index (χ3v) is 2.22. The molecule has 0 rings (SSSR count).